The molecule has 0 aromatic heterocycles. The number of hydrogen-bond acceptors (Lipinski definition) is 3. The number of thiol groups is 1. The minimum atomic E-state index is 0.430. The molecule has 0 aliphatic heterocycles. The summed E-state index contributed by atoms with van der Waals surface area (Å²) in [5.41, 5.74) is 3.12. The Morgan fingerprint density at radius 3 is 2.69 bits per heavy atom. The van der Waals surface area contributed by atoms with E-state index in [1.807, 2.05) is 25.3 Å². The van der Waals surface area contributed by atoms with Crippen molar-refractivity contribution in [1.82, 2.24) is 0 Å². The number of phenolic OH excluding ortho intramolecular Hbond substituents is 1. The van der Waals surface area contributed by atoms with Crippen molar-refractivity contribution in [3.05, 3.63) is 28.8 Å². The summed E-state index contributed by atoms with van der Waals surface area (Å²) in [4.78, 5) is 0. The van der Waals surface area contributed by atoms with Gasteiger partial charge in [0.05, 0.1) is 0 Å². The van der Waals surface area contributed by atoms with Crippen LogP contribution in [-0.2, 0) is 11.5 Å². The normalized spacial score (nSPS) is 10.4. The highest BCUT2D eigenvalue weighted by Gasteiger charge is 2.05. The van der Waals surface area contributed by atoms with Gasteiger partial charge in [-0.25, -0.2) is 0 Å². The van der Waals surface area contributed by atoms with Gasteiger partial charge in [-0.05, 0) is 24.3 Å². The molecule has 1 aromatic carbocycles. The first kappa shape index (κ1) is 10.8. The van der Waals surface area contributed by atoms with Crippen molar-refractivity contribution in [3.63, 3.8) is 0 Å². The van der Waals surface area contributed by atoms with Gasteiger partial charge in [-0.15, -0.1) is 0 Å². The van der Waals surface area contributed by atoms with Gasteiger partial charge in [0.1, 0.15) is 5.75 Å². The predicted molar refractivity (Wildman–Crippen MR) is 62.8 cm³/mol. The molecule has 0 fully saturated rings. The summed E-state index contributed by atoms with van der Waals surface area (Å²) in [6.45, 7) is 1.92. The van der Waals surface area contributed by atoms with E-state index in [1.54, 1.807) is 11.8 Å². The van der Waals surface area contributed by atoms with Crippen LogP contribution in [0.15, 0.2) is 12.1 Å². The Labute approximate surface area is 89.0 Å². The zero-order chi connectivity index (χ0) is 9.84. The van der Waals surface area contributed by atoms with E-state index < -0.39 is 0 Å². The molecule has 0 amide bonds. The molecule has 3 heteroatoms. The van der Waals surface area contributed by atoms with Crippen molar-refractivity contribution in [1.29, 1.82) is 0 Å². The molecule has 1 N–H and O–H groups in total. The first-order valence-corrected chi connectivity index (χ1v) is 6.12. The van der Waals surface area contributed by atoms with Gasteiger partial charge in [0.2, 0.25) is 0 Å². The molecule has 1 nitrogen and oxygen atoms in total. The lowest BCUT2D eigenvalue weighted by atomic mass is 10.1. The average molecular weight is 214 g/mol. The Morgan fingerprint density at radius 1 is 1.46 bits per heavy atom. The van der Waals surface area contributed by atoms with Crippen molar-refractivity contribution in [2.45, 2.75) is 18.4 Å². The quantitative estimate of drug-likeness (QED) is 0.754. The molecule has 0 heterocycles. The third-order valence-electron chi connectivity index (χ3n) is 1.92. The molecule has 0 bridgehead atoms. The third kappa shape index (κ3) is 2.58. The lowest BCUT2D eigenvalue weighted by Crippen LogP contribution is -1.89. The van der Waals surface area contributed by atoms with Crippen molar-refractivity contribution < 1.29 is 5.11 Å². The molecule has 0 spiro atoms. The molecule has 13 heavy (non-hydrogen) atoms. The van der Waals surface area contributed by atoms with Crippen molar-refractivity contribution in [3.8, 4) is 5.75 Å². The fourth-order valence-corrected chi connectivity index (χ4v) is 2.00. The van der Waals surface area contributed by atoms with Crippen molar-refractivity contribution in [2.24, 2.45) is 0 Å². The summed E-state index contributed by atoms with van der Waals surface area (Å²) < 4.78 is 0. The molecule has 0 saturated heterocycles. The van der Waals surface area contributed by atoms with Crippen LogP contribution >= 0.6 is 24.4 Å². The van der Waals surface area contributed by atoms with Crippen LogP contribution in [-0.4, -0.2) is 11.4 Å². The van der Waals surface area contributed by atoms with Gasteiger partial charge in [-0.2, -0.15) is 24.4 Å². The summed E-state index contributed by atoms with van der Waals surface area (Å²) in [6, 6.07) is 4.00. The molecular formula is C10H14OS2. The Hall–Kier alpha value is -0.280. The van der Waals surface area contributed by atoms with E-state index in [1.165, 1.54) is 5.56 Å². The van der Waals surface area contributed by atoms with Crippen LogP contribution < -0.4 is 0 Å². The molecule has 1 aromatic rings. The minimum Gasteiger partial charge on any atom is -0.507 e. The van der Waals surface area contributed by atoms with Gasteiger partial charge in [0, 0.05) is 17.1 Å². The fourth-order valence-electron chi connectivity index (χ4n) is 1.29. The average Bonchev–Trinajstić information content (AvgIpc) is 2.13. The molecular weight excluding hydrogens is 200 g/mol. The van der Waals surface area contributed by atoms with Crippen LogP contribution in [0.1, 0.15) is 16.7 Å². The van der Waals surface area contributed by atoms with Crippen LogP contribution in [0.2, 0.25) is 0 Å². The first-order valence-electron chi connectivity index (χ1n) is 4.10. The van der Waals surface area contributed by atoms with Gasteiger partial charge < -0.3 is 5.11 Å². The van der Waals surface area contributed by atoms with E-state index in [-0.39, 0.29) is 0 Å². The van der Waals surface area contributed by atoms with E-state index in [0.29, 0.717) is 5.75 Å². The number of aryl methyl sites for hydroxylation is 1. The van der Waals surface area contributed by atoms with Crippen LogP contribution in [0.4, 0.5) is 0 Å². The Kier molecular flexibility index (Phi) is 4.00. The van der Waals surface area contributed by atoms with E-state index in [9.17, 15) is 5.11 Å². The zero-order valence-electron chi connectivity index (χ0n) is 7.87. The van der Waals surface area contributed by atoms with Gasteiger partial charge in [0.15, 0.2) is 0 Å². The standard InChI is InChI=1S/C10H14OS2/c1-7-3-8(5-12)4-9(6-13-2)10(7)11/h3-4,11-12H,5-6H2,1-2H3. The maximum absolute atomic E-state index is 9.71. The Morgan fingerprint density at radius 2 is 2.15 bits per heavy atom. The molecule has 0 aliphatic carbocycles. The second-order valence-corrected chi connectivity index (χ2v) is 4.19. The largest absolute Gasteiger partial charge is 0.507 e. The number of aromatic hydroxyl groups is 1. The van der Waals surface area contributed by atoms with E-state index >= 15 is 0 Å². The SMILES string of the molecule is CSCc1cc(CS)cc(C)c1O. The summed E-state index contributed by atoms with van der Waals surface area (Å²) >= 11 is 5.93. The molecule has 0 atom stereocenters. The molecule has 1 rings (SSSR count). The zero-order valence-corrected chi connectivity index (χ0v) is 9.58. The first-order chi connectivity index (χ1) is 6.19. The number of benzene rings is 1. The van der Waals surface area contributed by atoms with Crippen LogP contribution in [0.25, 0.3) is 0 Å². The predicted octanol–water partition coefficient (Wildman–Crippen LogP) is 2.99. The Balaban J connectivity index is 3.09. The maximum Gasteiger partial charge on any atom is 0.122 e. The lowest BCUT2D eigenvalue weighted by Gasteiger charge is -2.08. The second-order valence-electron chi connectivity index (χ2n) is 3.01. The number of thioether (sulfide) groups is 1. The third-order valence-corrected chi connectivity index (χ3v) is 2.89. The highest BCUT2D eigenvalue weighted by molar-refractivity contribution is 7.97. The topological polar surface area (TPSA) is 20.2 Å². The van der Waals surface area contributed by atoms with Gasteiger partial charge in [-0.3, -0.25) is 0 Å². The second kappa shape index (κ2) is 4.82. The van der Waals surface area contributed by atoms with Crippen LogP contribution in [0.3, 0.4) is 0 Å². The monoisotopic (exact) mass is 214 g/mol. The summed E-state index contributed by atoms with van der Waals surface area (Å²) in [6.07, 6.45) is 2.03. The molecule has 0 radical (unpaired) electrons. The summed E-state index contributed by atoms with van der Waals surface area (Å²) in [5.74, 6) is 2.01. The summed E-state index contributed by atoms with van der Waals surface area (Å²) in [7, 11) is 0. The molecule has 0 aliphatic rings. The lowest BCUT2D eigenvalue weighted by molar-refractivity contribution is 0.466. The smallest absolute Gasteiger partial charge is 0.122 e. The van der Waals surface area contributed by atoms with Gasteiger partial charge in [0.25, 0.3) is 0 Å². The Bertz CT molecular complexity index is 297. The van der Waals surface area contributed by atoms with E-state index in [4.69, 9.17) is 0 Å². The maximum atomic E-state index is 9.71. The van der Waals surface area contributed by atoms with Gasteiger partial charge in [-0.1, -0.05) is 12.1 Å². The number of hydrogen-bond donors (Lipinski definition) is 2. The highest BCUT2D eigenvalue weighted by atomic mass is 32.2. The van der Waals surface area contributed by atoms with Crippen molar-refractivity contribution >= 4 is 24.4 Å². The fraction of sp³-hybridized carbons (Fsp3) is 0.400. The highest BCUT2D eigenvalue weighted by Crippen LogP contribution is 2.27. The van der Waals surface area contributed by atoms with E-state index in [2.05, 4.69) is 12.6 Å². The molecule has 0 saturated carbocycles. The molecule has 72 valence electrons. The minimum absolute atomic E-state index is 0.430. The van der Waals surface area contributed by atoms with E-state index in [0.717, 1.165) is 22.6 Å². The number of phenols is 1. The number of rotatable bonds is 3. The van der Waals surface area contributed by atoms with Crippen LogP contribution in [0.5, 0.6) is 5.75 Å². The van der Waals surface area contributed by atoms with Crippen molar-refractivity contribution in [2.75, 3.05) is 6.26 Å². The van der Waals surface area contributed by atoms with Crippen LogP contribution in [0, 0.1) is 6.92 Å². The molecule has 0 unspecified atom stereocenters. The summed E-state index contributed by atoms with van der Waals surface area (Å²) in [5, 5.41) is 9.71. The van der Waals surface area contributed by atoms with Gasteiger partial charge >= 0.3 is 0 Å².